The normalized spacial score (nSPS) is 20.9. The summed E-state index contributed by atoms with van der Waals surface area (Å²) in [6.07, 6.45) is 0.606. The van der Waals surface area contributed by atoms with Gasteiger partial charge in [-0.3, -0.25) is 0 Å². The predicted molar refractivity (Wildman–Crippen MR) is 34.4 cm³/mol. The highest BCUT2D eigenvalue weighted by Gasteiger charge is 2.13. The van der Waals surface area contributed by atoms with Crippen molar-refractivity contribution in [1.29, 1.82) is 0 Å². The Balaban J connectivity index is 3.98. The van der Waals surface area contributed by atoms with Gasteiger partial charge in [0.2, 0.25) is 0 Å². The van der Waals surface area contributed by atoms with Crippen molar-refractivity contribution in [2.24, 2.45) is 0 Å². The minimum Gasteiger partial charge on any atom is -0.778 e. The van der Waals surface area contributed by atoms with Crippen LogP contribution in [-0.2, 0) is 9.09 Å². The zero-order chi connectivity index (χ0) is 7.49. The molecule has 4 heteroatoms. The monoisotopic (exact) mass is 151 g/mol. The second-order valence-corrected chi connectivity index (χ2v) is 4.31. The summed E-state index contributed by atoms with van der Waals surface area (Å²) in [6, 6.07) is 0. The Morgan fingerprint density at radius 3 is 2.33 bits per heavy atom. The molecule has 0 fully saturated rings. The first-order valence-corrected chi connectivity index (χ1v) is 4.52. The molecule has 9 heavy (non-hydrogen) atoms. The van der Waals surface area contributed by atoms with Crippen LogP contribution in [0.15, 0.2) is 0 Å². The maximum atomic E-state index is 10.7. The average Bonchev–Trinajstić information content (AvgIpc) is 1.86. The van der Waals surface area contributed by atoms with Crippen molar-refractivity contribution in [1.82, 2.24) is 0 Å². The first-order chi connectivity index (χ1) is 4.04. The largest absolute Gasteiger partial charge is 0.778 e. The summed E-state index contributed by atoms with van der Waals surface area (Å²) in [7, 11) is -2.32. The number of hydrogen-bond donors (Lipinski definition) is 0. The third kappa shape index (κ3) is 2.48. The summed E-state index contributed by atoms with van der Waals surface area (Å²) < 4.78 is 15.0. The van der Waals surface area contributed by atoms with Gasteiger partial charge in [0.1, 0.15) is 7.60 Å². The highest BCUT2D eigenvalue weighted by atomic mass is 31.2. The molecule has 0 aliphatic carbocycles. The summed E-state index contributed by atoms with van der Waals surface area (Å²) in [5, 5.41) is 0. The molecular formula is C5H12O3P-. The lowest BCUT2D eigenvalue weighted by Crippen LogP contribution is -2.14. The Hall–Kier alpha value is 0.150. The zero-order valence-corrected chi connectivity index (χ0v) is 6.85. The molecule has 0 aromatic carbocycles. The van der Waals surface area contributed by atoms with Crippen molar-refractivity contribution < 1.29 is 14.0 Å². The Kier molecular flexibility index (Phi) is 3.41. The molecule has 0 aromatic rings. The molecule has 3 nitrogen and oxygen atoms in total. The van der Waals surface area contributed by atoms with Crippen molar-refractivity contribution in [2.45, 2.75) is 25.9 Å². The van der Waals surface area contributed by atoms with E-state index >= 15 is 0 Å². The van der Waals surface area contributed by atoms with Crippen molar-refractivity contribution >= 4 is 7.60 Å². The van der Waals surface area contributed by atoms with Gasteiger partial charge in [-0.2, -0.15) is 0 Å². The van der Waals surface area contributed by atoms with E-state index in [-0.39, 0.29) is 5.66 Å². The SMILES string of the molecule is CCC(C)P(=O)([O-])OC. The Morgan fingerprint density at radius 2 is 2.22 bits per heavy atom. The van der Waals surface area contributed by atoms with E-state index in [0.29, 0.717) is 6.42 Å². The summed E-state index contributed by atoms with van der Waals surface area (Å²) in [6.45, 7) is 3.45. The quantitative estimate of drug-likeness (QED) is 0.565. The fourth-order valence-corrected chi connectivity index (χ4v) is 1.21. The van der Waals surface area contributed by atoms with E-state index in [1.165, 1.54) is 7.11 Å². The van der Waals surface area contributed by atoms with Crippen LogP contribution in [0.2, 0.25) is 0 Å². The second kappa shape index (κ2) is 3.35. The van der Waals surface area contributed by atoms with Crippen LogP contribution in [-0.4, -0.2) is 12.8 Å². The smallest absolute Gasteiger partial charge is 0.137 e. The van der Waals surface area contributed by atoms with E-state index in [2.05, 4.69) is 4.52 Å². The van der Waals surface area contributed by atoms with Gasteiger partial charge in [-0.1, -0.05) is 13.8 Å². The fourth-order valence-electron chi connectivity index (χ4n) is 0.404. The van der Waals surface area contributed by atoms with E-state index in [9.17, 15) is 9.46 Å². The van der Waals surface area contributed by atoms with Gasteiger partial charge >= 0.3 is 0 Å². The molecule has 0 saturated carbocycles. The molecule has 0 aromatic heterocycles. The van der Waals surface area contributed by atoms with Gasteiger partial charge in [0.25, 0.3) is 0 Å². The Bertz CT molecular complexity index is 123. The molecular weight excluding hydrogens is 139 g/mol. The molecule has 2 unspecified atom stereocenters. The molecule has 0 rings (SSSR count). The van der Waals surface area contributed by atoms with E-state index in [0.717, 1.165) is 0 Å². The van der Waals surface area contributed by atoms with Crippen molar-refractivity contribution in [3.63, 3.8) is 0 Å². The molecule has 0 aliphatic heterocycles. The lowest BCUT2D eigenvalue weighted by atomic mass is 10.4. The lowest BCUT2D eigenvalue weighted by molar-refractivity contribution is -0.198. The first kappa shape index (κ1) is 9.15. The molecule has 0 radical (unpaired) electrons. The van der Waals surface area contributed by atoms with E-state index in [1.807, 2.05) is 6.92 Å². The van der Waals surface area contributed by atoms with Gasteiger partial charge in [0, 0.05) is 12.8 Å². The minimum atomic E-state index is -3.51. The van der Waals surface area contributed by atoms with Gasteiger partial charge in [-0.15, -0.1) is 0 Å². The third-order valence-corrected chi connectivity index (χ3v) is 3.34. The molecule has 0 amide bonds. The maximum Gasteiger partial charge on any atom is 0.137 e. The standard InChI is InChI=1S/C5H13O3P/c1-4-5(2)9(6,7)8-3/h5H,4H2,1-3H3,(H,6,7)/p-1. The van der Waals surface area contributed by atoms with Gasteiger partial charge in [0.05, 0.1) is 0 Å². The molecule has 0 bridgehead atoms. The molecule has 56 valence electrons. The molecule has 0 saturated heterocycles. The topological polar surface area (TPSA) is 49.4 Å². The highest BCUT2D eigenvalue weighted by molar-refractivity contribution is 7.52. The Morgan fingerprint density at radius 1 is 1.78 bits per heavy atom. The molecule has 0 N–H and O–H groups in total. The van der Waals surface area contributed by atoms with Crippen molar-refractivity contribution in [3.05, 3.63) is 0 Å². The first-order valence-electron chi connectivity index (χ1n) is 2.91. The molecule has 2 atom stereocenters. The van der Waals surface area contributed by atoms with Crippen LogP contribution < -0.4 is 4.89 Å². The molecule has 0 spiro atoms. The van der Waals surface area contributed by atoms with Crippen molar-refractivity contribution in [3.8, 4) is 0 Å². The maximum absolute atomic E-state index is 10.7. The fraction of sp³-hybridized carbons (Fsp3) is 1.00. The van der Waals surface area contributed by atoms with Crippen LogP contribution in [0.4, 0.5) is 0 Å². The van der Waals surface area contributed by atoms with Crippen LogP contribution in [0.5, 0.6) is 0 Å². The summed E-state index contributed by atoms with van der Waals surface area (Å²) in [4.78, 5) is 10.7. The second-order valence-electron chi connectivity index (χ2n) is 1.98. The van der Waals surface area contributed by atoms with Crippen LogP contribution >= 0.6 is 7.60 Å². The predicted octanol–water partition coefficient (Wildman–Crippen LogP) is 0.985. The molecule has 0 aliphatic rings. The van der Waals surface area contributed by atoms with Crippen molar-refractivity contribution in [2.75, 3.05) is 7.11 Å². The number of hydrogen-bond acceptors (Lipinski definition) is 3. The van der Waals surface area contributed by atoms with Crippen LogP contribution in [0.3, 0.4) is 0 Å². The van der Waals surface area contributed by atoms with E-state index < -0.39 is 7.60 Å². The van der Waals surface area contributed by atoms with Gasteiger partial charge < -0.3 is 14.0 Å². The lowest BCUT2D eigenvalue weighted by Gasteiger charge is -2.26. The van der Waals surface area contributed by atoms with Gasteiger partial charge in [0.15, 0.2) is 0 Å². The summed E-state index contributed by atoms with van der Waals surface area (Å²) in [5.41, 5.74) is -0.359. The van der Waals surface area contributed by atoms with Gasteiger partial charge in [-0.05, 0) is 6.42 Å². The van der Waals surface area contributed by atoms with Crippen LogP contribution in [0.25, 0.3) is 0 Å². The van der Waals surface area contributed by atoms with E-state index in [4.69, 9.17) is 0 Å². The highest BCUT2D eigenvalue weighted by Crippen LogP contribution is 2.42. The zero-order valence-electron chi connectivity index (χ0n) is 5.96. The number of rotatable bonds is 3. The molecule has 0 heterocycles. The third-order valence-electron chi connectivity index (χ3n) is 1.39. The van der Waals surface area contributed by atoms with E-state index in [1.54, 1.807) is 6.92 Å². The average molecular weight is 151 g/mol. The summed E-state index contributed by atoms with van der Waals surface area (Å²) in [5.74, 6) is 0. The summed E-state index contributed by atoms with van der Waals surface area (Å²) >= 11 is 0. The van der Waals surface area contributed by atoms with Crippen LogP contribution in [0.1, 0.15) is 20.3 Å². The Labute approximate surface area is 55.6 Å². The minimum absolute atomic E-state index is 0.359. The van der Waals surface area contributed by atoms with Crippen LogP contribution in [0, 0.1) is 0 Å². The van der Waals surface area contributed by atoms with Gasteiger partial charge in [-0.25, -0.2) is 0 Å².